The molecule has 0 atom stereocenters. The maximum absolute atomic E-state index is 11.7. The lowest BCUT2D eigenvalue weighted by atomic mass is 10.0. The zero-order valence-corrected chi connectivity index (χ0v) is 9.98. The van der Waals surface area contributed by atoms with Crippen molar-refractivity contribution in [2.24, 2.45) is 5.41 Å². The normalized spacial score (nSPS) is 16.5. The molecule has 0 unspecified atom stereocenters. The van der Waals surface area contributed by atoms with Crippen LogP contribution in [-0.2, 0) is 11.2 Å². The first-order chi connectivity index (χ1) is 8.24. The molecule has 0 heterocycles. The Labute approximate surface area is 102 Å². The Morgan fingerprint density at radius 2 is 2.00 bits per heavy atom. The van der Waals surface area contributed by atoms with Crippen LogP contribution in [0.2, 0.25) is 0 Å². The van der Waals surface area contributed by atoms with Crippen molar-refractivity contribution < 1.29 is 9.90 Å². The van der Waals surface area contributed by atoms with Gasteiger partial charge >= 0.3 is 0 Å². The number of amides is 1. The summed E-state index contributed by atoms with van der Waals surface area (Å²) in [5, 5.41) is 11.9. The lowest BCUT2D eigenvalue weighted by molar-refractivity contribution is -0.120. The highest BCUT2D eigenvalue weighted by molar-refractivity contribution is 5.78. The number of nitrogens with one attached hydrogen (secondary N) is 1. The second-order valence-corrected chi connectivity index (χ2v) is 4.91. The van der Waals surface area contributed by atoms with Gasteiger partial charge in [0, 0.05) is 13.2 Å². The van der Waals surface area contributed by atoms with Gasteiger partial charge in [0.05, 0.1) is 6.42 Å². The molecule has 3 nitrogen and oxygen atoms in total. The van der Waals surface area contributed by atoms with Gasteiger partial charge in [0.1, 0.15) is 0 Å². The van der Waals surface area contributed by atoms with Gasteiger partial charge in [-0.15, -0.1) is 0 Å². The molecule has 1 aliphatic rings. The van der Waals surface area contributed by atoms with E-state index in [1.807, 2.05) is 30.3 Å². The van der Waals surface area contributed by atoms with Gasteiger partial charge in [-0.2, -0.15) is 0 Å². The molecule has 1 fully saturated rings. The summed E-state index contributed by atoms with van der Waals surface area (Å²) in [6, 6.07) is 9.75. The lowest BCUT2D eigenvalue weighted by Crippen LogP contribution is -2.31. The summed E-state index contributed by atoms with van der Waals surface area (Å²) in [5.41, 5.74) is 1.23. The van der Waals surface area contributed by atoms with Gasteiger partial charge in [0.25, 0.3) is 0 Å². The minimum absolute atomic E-state index is 0.0698. The van der Waals surface area contributed by atoms with Crippen molar-refractivity contribution in [1.29, 1.82) is 0 Å². The minimum Gasteiger partial charge on any atom is -0.396 e. The van der Waals surface area contributed by atoms with Gasteiger partial charge in [-0.3, -0.25) is 4.79 Å². The number of benzene rings is 1. The summed E-state index contributed by atoms with van der Waals surface area (Å²) < 4.78 is 0. The third-order valence-corrected chi connectivity index (χ3v) is 3.47. The smallest absolute Gasteiger partial charge is 0.224 e. The Balaban J connectivity index is 1.75. The van der Waals surface area contributed by atoms with E-state index >= 15 is 0 Å². The van der Waals surface area contributed by atoms with E-state index in [1.54, 1.807) is 0 Å². The largest absolute Gasteiger partial charge is 0.396 e. The molecule has 0 spiro atoms. The summed E-state index contributed by atoms with van der Waals surface area (Å²) in [7, 11) is 0. The average molecular weight is 233 g/mol. The van der Waals surface area contributed by atoms with Crippen molar-refractivity contribution in [3.63, 3.8) is 0 Å². The first-order valence-corrected chi connectivity index (χ1v) is 6.16. The molecule has 1 aromatic rings. The van der Waals surface area contributed by atoms with E-state index in [9.17, 15) is 4.79 Å². The number of aliphatic hydroxyl groups is 1. The van der Waals surface area contributed by atoms with Gasteiger partial charge < -0.3 is 10.4 Å². The number of hydrogen-bond donors (Lipinski definition) is 2. The predicted octanol–water partition coefficient (Wildman–Crippen LogP) is 1.51. The number of hydrogen-bond acceptors (Lipinski definition) is 2. The third kappa shape index (κ3) is 3.56. The second kappa shape index (κ2) is 5.32. The zero-order valence-electron chi connectivity index (χ0n) is 9.98. The van der Waals surface area contributed by atoms with E-state index in [2.05, 4.69) is 5.32 Å². The molecule has 0 saturated heterocycles. The first kappa shape index (κ1) is 12.1. The molecule has 1 aromatic carbocycles. The fourth-order valence-electron chi connectivity index (χ4n) is 2.06. The van der Waals surface area contributed by atoms with E-state index in [4.69, 9.17) is 5.11 Å². The number of carbonyl (C=O) groups excluding carboxylic acids is 1. The van der Waals surface area contributed by atoms with Crippen LogP contribution in [0.5, 0.6) is 0 Å². The fourth-order valence-corrected chi connectivity index (χ4v) is 2.06. The molecular formula is C14H19NO2. The standard InChI is InChI=1S/C14H19NO2/c16-9-8-14(6-7-14)11-15-13(17)10-12-4-2-1-3-5-12/h1-5,16H,6-11H2,(H,15,17). The summed E-state index contributed by atoms with van der Waals surface area (Å²) in [5.74, 6) is 0.0698. The van der Waals surface area contributed by atoms with Crippen molar-refractivity contribution in [2.75, 3.05) is 13.2 Å². The van der Waals surface area contributed by atoms with Crippen LogP contribution in [0, 0.1) is 5.41 Å². The van der Waals surface area contributed by atoms with Crippen LogP contribution in [-0.4, -0.2) is 24.2 Å². The first-order valence-electron chi connectivity index (χ1n) is 6.16. The van der Waals surface area contributed by atoms with E-state index in [-0.39, 0.29) is 17.9 Å². The quantitative estimate of drug-likeness (QED) is 0.782. The molecule has 92 valence electrons. The molecule has 2 rings (SSSR count). The average Bonchev–Trinajstić information content (AvgIpc) is 3.09. The Hall–Kier alpha value is -1.35. The monoisotopic (exact) mass is 233 g/mol. The molecule has 0 aromatic heterocycles. The number of aliphatic hydroxyl groups excluding tert-OH is 1. The number of carbonyl (C=O) groups is 1. The summed E-state index contributed by atoms with van der Waals surface area (Å²) in [6.07, 6.45) is 3.49. The van der Waals surface area contributed by atoms with E-state index in [0.29, 0.717) is 13.0 Å². The highest BCUT2D eigenvalue weighted by atomic mass is 16.3. The van der Waals surface area contributed by atoms with Gasteiger partial charge in [0.2, 0.25) is 5.91 Å². The third-order valence-electron chi connectivity index (χ3n) is 3.47. The van der Waals surface area contributed by atoms with Crippen molar-refractivity contribution in [2.45, 2.75) is 25.7 Å². The van der Waals surface area contributed by atoms with Crippen molar-refractivity contribution in [3.8, 4) is 0 Å². The molecule has 2 N–H and O–H groups in total. The van der Waals surface area contributed by atoms with Gasteiger partial charge in [-0.25, -0.2) is 0 Å². The van der Waals surface area contributed by atoms with Gasteiger partial charge in [-0.1, -0.05) is 30.3 Å². The minimum atomic E-state index is 0.0698. The summed E-state index contributed by atoms with van der Waals surface area (Å²) in [4.78, 5) is 11.7. The molecule has 0 bridgehead atoms. The molecule has 17 heavy (non-hydrogen) atoms. The van der Waals surface area contributed by atoms with E-state index < -0.39 is 0 Å². The van der Waals surface area contributed by atoms with Crippen molar-refractivity contribution >= 4 is 5.91 Å². The Kier molecular flexibility index (Phi) is 3.79. The summed E-state index contributed by atoms with van der Waals surface area (Å²) >= 11 is 0. The Morgan fingerprint density at radius 3 is 2.59 bits per heavy atom. The molecular weight excluding hydrogens is 214 g/mol. The highest BCUT2D eigenvalue weighted by Crippen LogP contribution is 2.47. The predicted molar refractivity (Wildman–Crippen MR) is 66.5 cm³/mol. The molecule has 0 radical (unpaired) electrons. The number of rotatable bonds is 6. The van der Waals surface area contributed by atoms with Gasteiger partial charge in [0.15, 0.2) is 0 Å². The zero-order chi connectivity index (χ0) is 12.1. The van der Waals surface area contributed by atoms with Crippen LogP contribution < -0.4 is 5.32 Å². The van der Waals surface area contributed by atoms with Gasteiger partial charge in [-0.05, 0) is 30.2 Å². The van der Waals surface area contributed by atoms with Crippen molar-refractivity contribution in [1.82, 2.24) is 5.32 Å². The maximum Gasteiger partial charge on any atom is 0.224 e. The highest BCUT2D eigenvalue weighted by Gasteiger charge is 2.41. The SMILES string of the molecule is O=C(Cc1ccccc1)NCC1(CCO)CC1. The lowest BCUT2D eigenvalue weighted by Gasteiger charge is -2.14. The fraction of sp³-hybridized carbons (Fsp3) is 0.500. The molecule has 1 saturated carbocycles. The second-order valence-electron chi connectivity index (χ2n) is 4.91. The molecule has 3 heteroatoms. The van der Waals surface area contributed by atoms with Crippen LogP contribution in [0.3, 0.4) is 0 Å². The van der Waals surface area contributed by atoms with Crippen LogP contribution in [0.15, 0.2) is 30.3 Å². The Bertz CT molecular complexity index is 371. The van der Waals surface area contributed by atoms with E-state index in [0.717, 1.165) is 24.8 Å². The van der Waals surface area contributed by atoms with Crippen molar-refractivity contribution in [3.05, 3.63) is 35.9 Å². The van der Waals surface area contributed by atoms with Crippen LogP contribution in [0.4, 0.5) is 0 Å². The van der Waals surface area contributed by atoms with Crippen LogP contribution in [0.25, 0.3) is 0 Å². The van der Waals surface area contributed by atoms with Crippen LogP contribution in [0.1, 0.15) is 24.8 Å². The summed E-state index contributed by atoms with van der Waals surface area (Å²) in [6.45, 7) is 0.924. The maximum atomic E-state index is 11.7. The topological polar surface area (TPSA) is 49.3 Å². The van der Waals surface area contributed by atoms with E-state index in [1.165, 1.54) is 0 Å². The molecule has 1 aliphatic carbocycles. The molecule has 0 aliphatic heterocycles. The molecule has 1 amide bonds. The van der Waals surface area contributed by atoms with Crippen LogP contribution >= 0.6 is 0 Å². The Morgan fingerprint density at radius 1 is 1.29 bits per heavy atom.